The Morgan fingerprint density at radius 2 is 1.79 bits per heavy atom. The molecule has 0 aromatic heterocycles. The lowest BCUT2D eigenvalue weighted by molar-refractivity contribution is -0.148. The molecule has 1 N–H and O–H groups in total. The third kappa shape index (κ3) is 2.29. The van der Waals surface area contributed by atoms with Gasteiger partial charge in [-0.1, -0.05) is 12.1 Å². The van der Waals surface area contributed by atoms with Crippen molar-refractivity contribution in [3.63, 3.8) is 0 Å². The summed E-state index contributed by atoms with van der Waals surface area (Å²) in [6.07, 6.45) is 0. The number of hydrogen-bond acceptors (Lipinski definition) is 2. The van der Waals surface area contributed by atoms with Gasteiger partial charge in [-0.3, -0.25) is 4.79 Å². The van der Waals surface area contributed by atoms with Gasteiger partial charge in [-0.05, 0) is 17.7 Å². The smallest absolute Gasteiger partial charge is 0.374 e. The molecule has 1 rings (SSSR count). The fourth-order valence-corrected chi connectivity index (χ4v) is 1.13. The van der Waals surface area contributed by atoms with Crippen LogP contribution >= 0.6 is 11.6 Å². The minimum atomic E-state index is -1.60. The number of alkyl halides is 1. The van der Waals surface area contributed by atoms with Gasteiger partial charge < -0.3 is 5.11 Å². The maximum Gasteiger partial charge on any atom is 0.374 e. The minimum Gasteiger partial charge on any atom is -0.475 e. The second-order valence-electron chi connectivity index (χ2n) is 2.58. The van der Waals surface area contributed by atoms with Crippen molar-refractivity contribution in [2.24, 2.45) is 0 Å². The molecule has 1 atom stereocenters. The first-order valence-corrected chi connectivity index (χ1v) is 4.12. The van der Waals surface area contributed by atoms with Crippen LogP contribution in [0.15, 0.2) is 24.3 Å². The largest absolute Gasteiger partial charge is 0.475 e. The zero-order chi connectivity index (χ0) is 10.7. The molecule has 0 saturated carbocycles. The summed E-state index contributed by atoms with van der Waals surface area (Å²) in [5, 5.41) is 7.09. The minimum absolute atomic E-state index is 0.264. The van der Waals surface area contributed by atoms with Crippen LogP contribution in [0.5, 0.6) is 0 Å². The number of ketones is 1. The maximum atomic E-state index is 12.5. The van der Waals surface area contributed by atoms with Gasteiger partial charge in [-0.25, -0.2) is 9.18 Å². The van der Waals surface area contributed by atoms with E-state index in [0.29, 0.717) is 0 Å². The van der Waals surface area contributed by atoms with Crippen molar-refractivity contribution in [3.8, 4) is 0 Å². The second kappa shape index (κ2) is 4.19. The molecule has 0 radical (unpaired) electrons. The predicted octanol–water partition coefficient (Wildman–Crippen LogP) is 1.76. The number of carboxylic acids is 1. The van der Waals surface area contributed by atoms with E-state index in [1.165, 1.54) is 12.1 Å². The molecule has 1 aromatic rings. The molecule has 0 bridgehead atoms. The summed E-state index contributed by atoms with van der Waals surface area (Å²) < 4.78 is 12.5. The first-order chi connectivity index (χ1) is 6.52. The fourth-order valence-electron chi connectivity index (χ4n) is 0.892. The van der Waals surface area contributed by atoms with Crippen LogP contribution in [-0.2, 0) is 9.59 Å². The highest BCUT2D eigenvalue weighted by atomic mass is 35.5. The van der Waals surface area contributed by atoms with Crippen molar-refractivity contribution >= 4 is 23.4 Å². The molecule has 14 heavy (non-hydrogen) atoms. The van der Waals surface area contributed by atoms with Crippen LogP contribution in [0, 0.1) is 5.82 Å². The van der Waals surface area contributed by atoms with Crippen LogP contribution in [0.2, 0.25) is 0 Å². The third-order valence-corrected chi connectivity index (χ3v) is 2.05. The molecule has 1 unspecified atom stereocenters. The van der Waals surface area contributed by atoms with Crippen LogP contribution in [0.3, 0.4) is 0 Å². The summed E-state index contributed by atoms with van der Waals surface area (Å²) >= 11 is 5.55. The Labute approximate surface area is 84.1 Å². The Bertz CT molecular complexity index is 361. The highest BCUT2D eigenvalue weighted by Gasteiger charge is 2.23. The fraction of sp³-hybridized carbons (Fsp3) is 0.111. The van der Waals surface area contributed by atoms with Crippen LogP contribution in [0.1, 0.15) is 10.9 Å². The summed E-state index contributed by atoms with van der Waals surface area (Å²) in [5.74, 6) is -3.20. The Hall–Kier alpha value is -1.42. The number of aliphatic carboxylic acids is 1. The van der Waals surface area contributed by atoms with E-state index in [1.807, 2.05) is 0 Å². The van der Waals surface area contributed by atoms with Crippen LogP contribution in [-0.4, -0.2) is 16.9 Å². The Morgan fingerprint density at radius 1 is 1.29 bits per heavy atom. The highest BCUT2D eigenvalue weighted by Crippen LogP contribution is 2.21. The normalized spacial score (nSPS) is 12.1. The molecule has 0 aliphatic heterocycles. The van der Waals surface area contributed by atoms with Gasteiger partial charge >= 0.3 is 5.97 Å². The van der Waals surface area contributed by atoms with E-state index in [1.54, 1.807) is 0 Å². The van der Waals surface area contributed by atoms with E-state index < -0.39 is 22.9 Å². The van der Waals surface area contributed by atoms with Gasteiger partial charge in [0.2, 0.25) is 0 Å². The lowest BCUT2D eigenvalue weighted by atomic mass is 10.1. The molecule has 0 amide bonds. The van der Waals surface area contributed by atoms with Crippen LogP contribution < -0.4 is 0 Å². The second-order valence-corrected chi connectivity index (χ2v) is 3.02. The molecular weight excluding hydrogens is 211 g/mol. The van der Waals surface area contributed by atoms with Gasteiger partial charge in [0, 0.05) is 0 Å². The zero-order valence-corrected chi connectivity index (χ0v) is 7.66. The Kier molecular flexibility index (Phi) is 3.19. The Balaban J connectivity index is 2.89. The molecular formula is C9H6ClFO3. The highest BCUT2D eigenvalue weighted by molar-refractivity contribution is 6.47. The van der Waals surface area contributed by atoms with Gasteiger partial charge in [0.25, 0.3) is 5.78 Å². The van der Waals surface area contributed by atoms with E-state index in [2.05, 4.69) is 0 Å². The summed E-state index contributed by atoms with van der Waals surface area (Å²) in [7, 11) is 0. The predicted molar refractivity (Wildman–Crippen MR) is 47.6 cm³/mol. The van der Waals surface area contributed by atoms with Gasteiger partial charge in [-0.15, -0.1) is 11.6 Å². The molecule has 1 aromatic carbocycles. The van der Waals surface area contributed by atoms with Crippen molar-refractivity contribution in [3.05, 3.63) is 35.6 Å². The van der Waals surface area contributed by atoms with Crippen molar-refractivity contribution in [1.82, 2.24) is 0 Å². The number of Topliss-reactive ketones (excluding diaryl/α,β-unsaturated/α-hetero) is 1. The van der Waals surface area contributed by atoms with Crippen molar-refractivity contribution in [2.45, 2.75) is 5.38 Å². The third-order valence-electron chi connectivity index (χ3n) is 1.60. The SMILES string of the molecule is O=C(O)C(=O)C(Cl)c1ccc(F)cc1. The monoisotopic (exact) mass is 216 g/mol. The zero-order valence-electron chi connectivity index (χ0n) is 6.91. The first-order valence-electron chi connectivity index (χ1n) is 3.69. The molecule has 0 spiro atoms. The quantitative estimate of drug-likeness (QED) is 0.619. The van der Waals surface area contributed by atoms with E-state index in [-0.39, 0.29) is 5.56 Å². The number of carbonyl (C=O) groups is 2. The number of rotatable bonds is 3. The van der Waals surface area contributed by atoms with Crippen LogP contribution in [0.4, 0.5) is 4.39 Å². The maximum absolute atomic E-state index is 12.5. The van der Waals surface area contributed by atoms with E-state index in [0.717, 1.165) is 12.1 Å². The standard InChI is InChI=1S/C9H6ClFO3/c10-7(8(12)9(13)14)5-1-3-6(11)4-2-5/h1-4,7H,(H,13,14). The lowest BCUT2D eigenvalue weighted by Gasteiger charge is -2.04. The van der Waals surface area contributed by atoms with Crippen molar-refractivity contribution in [1.29, 1.82) is 0 Å². The van der Waals surface area contributed by atoms with Crippen molar-refractivity contribution < 1.29 is 19.1 Å². The molecule has 0 heterocycles. The summed E-state index contributed by atoms with van der Waals surface area (Å²) in [6.45, 7) is 0. The number of benzene rings is 1. The molecule has 0 fully saturated rings. The number of hydrogen-bond donors (Lipinski definition) is 1. The Morgan fingerprint density at radius 3 is 2.21 bits per heavy atom. The average Bonchev–Trinajstić information content (AvgIpc) is 2.16. The molecule has 5 heteroatoms. The number of carbonyl (C=O) groups excluding carboxylic acids is 1. The number of halogens is 2. The number of carboxylic acid groups (broad SMARTS) is 1. The van der Waals surface area contributed by atoms with E-state index in [4.69, 9.17) is 16.7 Å². The van der Waals surface area contributed by atoms with Gasteiger partial charge in [-0.2, -0.15) is 0 Å². The summed E-state index contributed by atoms with van der Waals surface area (Å²) in [4.78, 5) is 21.2. The van der Waals surface area contributed by atoms with Gasteiger partial charge in [0.05, 0.1) is 0 Å². The molecule has 0 aliphatic carbocycles. The lowest BCUT2D eigenvalue weighted by Crippen LogP contribution is -2.17. The average molecular weight is 217 g/mol. The van der Waals surface area contributed by atoms with Gasteiger partial charge in [0.1, 0.15) is 11.2 Å². The first kappa shape index (κ1) is 10.7. The summed E-state index contributed by atoms with van der Waals surface area (Å²) in [5.41, 5.74) is 0.264. The molecule has 0 aliphatic rings. The van der Waals surface area contributed by atoms with Crippen LogP contribution in [0.25, 0.3) is 0 Å². The van der Waals surface area contributed by atoms with E-state index >= 15 is 0 Å². The molecule has 3 nitrogen and oxygen atoms in total. The summed E-state index contributed by atoms with van der Waals surface area (Å²) in [6, 6.07) is 4.77. The van der Waals surface area contributed by atoms with E-state index in [9.17, 15) is 14.0 Å². The molecule has 74 valence electrons. The topological polar surface area (TPSA) is 54.4 Å². The molecule has 0 saturated heterocycles. The van der Waals surface area contributed by atoms with Gasteiger partial charge in [0.15, 0.2) is 0 Å². The van der Waals surface area contributed by atoms with Crippen molar-refractivity contribution in [2.75, 3.05) is 0 Å².